The van der Waals surface area contributed by atoms with Crippen molar-refractivity contribution in [3.63, 3.8) is 0 Å². The fourth-order valence-corrected chi connectivity index (χ4v) is 2.75. The van der Waals surface area contributed by atoms with Crippen molar-refractivity contribution in [3.8, 4) is 0 Å². The van der Waals surface area contributed by atoms with Crippen molar-refractivity contribution in [1.82, 2.24) is 0 Å². The van der Waals surface area contributed by atoms with Gasteiger partial charge < -0.3 is 0 Å². The SMILES string of the molecule is CCC1CCCC(C)C(C)C1C. The lowest BCUT2D eigenvalue weighted by molar-refractivity contribution is 0.218. The maximum atomic E-state index is 2.46. The van der Waals surface area contributed by atoms with Crippen LogP contribution in [0.5, 0.6) is 0 Å². The molecule has 0 bridgehead atoms. The Bertz CT molecular complexity index is 126. The quantitative estimate of drug-likeness (QED) is 0.517. The van der Waals surface area contributed by atoms with Gasteiger partial charge in [-0.3, -0.25) is 0 Å². The lowest BCUT2D eigenvalue weighted by atomic mass is 9.78. The van der Waals surface area contributed by atoms with E-state index in [-0.39, 0.29) is 0 Å². The van der Waals surface area contributed by atoms with E-state index in [9.17, 15) is 0 Å². The molecule has 0 aromatic rings. The average Bonchev–Trinajstić information content (AvgIpc) is 2.19. The summed E-state index contributed by atoms with van der Waals surface area (Å²) < 4.78 is 0. The second-order valence-electron chi connectivity index (χ2n) is 4.79. The lowest BCUT2D eigenvalue weighted by Crippen LogP contribution is -2.20. The fraction of sp³-hybridized carbons (Fsp3) is 1.00. The van der Waals surface area contributed by atoms with Gasteiger partial charge in [-0.25, -0.2) is 0 Å². The molecule has 0 saturated heterocycles. The summed E-state index contributed by atoms with van der Waals surface area (Å²) in [7, 11) is 0. The molecule has 0 spiro atoms. The Morgan fingerprint density at radius 3 is 2.25 bits per heavy atom. The molecule has 0 heterocycles. The number of hydrogen-bond donors (Lipinski definition) is 0. The molecule has 4 unspecified atom stereocenters. The Labute approximate surface area is 77.7 Å². The van der Waals surface area contributed by atoms with E-state index in [0.717, 1.165) is 23.7 Å². The molecule has 1 aliphatic carbocycles. The van der Waals surface area contributed by atoms with Gasteiger partial charge in [0.25, 0.3) is 0 Å². The zero-order valence-corrected chi connectivity index (χ0v) is 9.14. The fourth-order valence-electron chi connectivity index (χ4n) is 2.75. The summed E-state index contributed by atoms with van der Waals surface area (Å²) in [5.74, 6) is 3.85. The van der Waals surface area contributed by atoms with Gasteiger partial charge in [0.1, 0.15) is 0 Å². The van der Waals surface area contributed by atoms with Crippen LogP contribution in [0.1, 0.15) is 53.4 Å². The van der Waals surface area contributed by atoms with E-state index in [4.69, 9.17) is 0 Å². The summed E-state index contributed by atoms with van der Waals surface area (Å²) in [6.07, 6.45) is 5.79. The summed E-state index contributed by atoms with van der Waals surface area (Å²) in [6.45, 7) is 9.69. The van der Waals surface area contributed by atoms with E-state index >= 15 is 0 Å². The Morgan fingerprint density at radius 2 is 1.67 bits per heavy atom. The average molecular weight is 168 g/mol. The molecule has 1 fully saturated rings. The third-order valence-corrected chi connectivity index (χ3v) is 4.23. The molecule has 0 aromatic heterocycles. The maximum absolute atomic E-state index is 2.46. The molecule has 72 valence electrons. The summed E-state index contributed by atoms with van der Waals surface area (Å²) >= 11 is 0. The molecule has 1 aliphatic rings. The van der Waals surface area contributed by atoms with E-state index < -0.39 is 0 Å². The minimum Gasteiger partial charge on any atom is -0.0651 e. The molecule has 0 aromatic carbocycles. The van der Waals surface area contributed by atoms with Crippen LogP contribution in [-0.4, -0.2) is 0 Å². The van der Waals surface area contributed by atoms with Crippen molar-refractivity contribution in [2.24, 2.45) is 23.7 Å². The van der Waals surface area contributed by atoms with Crippen LogP contribution in [-0.2, 0) is 0 Å². The van der Waals surface area contributed by atoms with Gasteiger partial charge in [0.05, 0.1) is 0 Å². The van der Waals surface area contributed by atoms with Gasteiger partial charge >= 0.3 is 0 Å². The predicted molar refractivity (Wildman–Crippen MR) is 55.1 cm³/mol. The smallest absolute Gasteiger partial charge is 0.0386 e. The summed E-state index contributed by atoms with van der Waals surface area (Å²) in [5, 5.41) is 0. The Morgan fingerprint density at radius 1 is 1.00 bits per heavy atom. The van der Waals surface area contributed by atoms with Crippen LogP contribution < -0.4 is 0 Å². The van der Waals surface area contributed by atoms with Crippen LogP contribution in [0.2, 0.25) is 0 Å². The molecule has 4 atom stereocenters. The Hall–Kier alpha value is 0. The molecule has 0 aliphatic heterocycles. The van der Waals surface area contributed by atoms with Gasteiger partial charge in [-0.2, -0.15) is 0 Å². The first-order valence-electron chi connectivity index (χ1n) is 5.66. The van der Waals surface area contributed by atoms with Crippen LogP contribution in [0.4, 0.5) is 0 Å². The van der Waals surface area contributed by atoms with Gasteiger partial charge in [0.15, 0.2) is 0 Å². The minimum atomic E-state index is 0.942. The van der Waals surface area contributed by atoms with Crippen molar-refractivity contribution >= 4 is 0 Å². The molecule has 12 heavy (non-hydrogen) atoms. The zero-order chi connectivity index (χ0) is 9.14. The highest BCUT2D eigenvalue weighted by Gasteiger charge is 2.27. The van der Waals surface area contributed by atoms with Gasteiger partial charge in [-0.15, -0.1) is 0 Å². The summed E-state index contributed by atoms with van der Waals surface area (Å²) in [5.41, 5.74) is 0. The molecule has 0 radical (unpaired) electrons. The van der Waals surface area contributed by atoms with Crippen molar-refractivity contribution in [2.75, 3.05) is 0 Å². The van der Waals surface area contributed by atoms with Crippen LogP contribution in [0.3, 0.4) is 0 Å². The summed E-state index contributed by atoms with van der Waals surface area (Å²) in [6, 6.07) is 0. The highest BCUT2D eigenvalue weighted by molar-refractivity contribution is 4.78. The van der Waals surface area contributed by atoms with Gasteiger partial charge in [0, 0.05) is 0 Å². The zero-order valence-electron chi connectivity index (χ0n) is 9.14. The second-order valence-corrected chi connectivity index (χ2v) is 4.79. The van der Waals surface area contributed by atoms with Crippen LogP contribution in [0, 0.1) is 23.7 Å². The monoisotopic (exact) mass is 168 g/mol. The van der Waals surface area contributed by atoms with Gasteiger partial charge in [-0.05, 0) is 23.7 Å². The van der Waals surface area contributed by atoms with Crippen LogP contribution in [0.15, 0.2) is 0 Å². The largest absolute Gasteiger partial charge is 0.0651 e. The molecule has 1 rings (SSSR count). The van der Waals surface area contributed by atoms with Crippen molar-refractivity contribution < 1.29 is 0 Å². The third-order valence-electron chi connectivity index (χ3n) is 4.23. The molecule has 0 nitrogen and oxygen atoms in total. The highest BCUT2D eigenvalue weighted by atomic mass is 14.3. The van der Waals surface area contributed by atoms with Crippen LogP contribution in [0.25, 0.3) is 0 Å². The van der Waals surface area contributed by atoms with Crippen molar-refractivity contribution in [3.05, 3.63) is 0 Å². The van der Waals surface area contributed by atoms with E-state index in [1.165, 1.54) is 25.7 Å². The minimum absolute atomic E-state index is 0.942. The summed E-state index contributed by atoms with van der Waals surface area (Å²) in [4.78, 5) is 0. The molecule has 0 N–H and O–H groups in total. The van der Waals surface area contributed by atoms with E-state index in [1.54, 1.807) is 0 Å². The van der Waals surface area contributed by atoms with Crippen molar-refractivity contribution in [1.29, 1.82) is 0 Å². The van der Waals surface area contributed by atoms with E-state index in [0.29, 0.717) is 0 Å². The van der Waals surface area contributed by atoms with E-state index in [2.05, 4.69) is 27.7 Å². The first-order chi connectivity index (χ1) is 5.66. The standard InChI is InChI=1S/C12H24/c1-5-12-8-6-7-9(2)10(3)11(12)4/h9-12H,5-8H2,1-4H3. The molecule has 0 amide bonds. The first kappa shape index (κ1) is 10.1. The van der Waals surface area contributed by atoms with E-state index in [1.807, 2.05) is 0 Å². The predicted octanol–water partition coefficient (Wildman–Crippen LogP) is 4.10. The third kappa shape index (κ3) is 2.02. The van der Waals surface area contributed by atoms with Crippen molar-refractivity contribution in [2.45, 2.75) is 53.4 Å². The topological polar surface area (TPSA) is 0 Å². The number of rotatable bonds is 1. The Balaban J connectivity index is 2.59. The maximum Gasteiger partial charge on any atom is -0.0386 e. The molecule has 0 heteroatoms. The Kier molecular flexibility index (Phi) is 3.61. The number of hydrogen-bond acceptors (Lipinski definition) is 0. The molecular weight excluding hydrogens is 144 g/mol. The highest BCUT2D eigenvalue weighted by Crippen LogP contribution is 2.37. The first-order valence-corrected chi connectivity index (χ1v) is 5.66. The molecule has 1 saturated carbocycles. The van der Waals surface area contributed by atoms with Gasteiger partial charge in [0.2, 0.25) is 0 Å². The molecular formula is C12H24. The second kappa shape index (κ2) is 4.30. The lowest BCUT2D eigenvalue weighted by Gasteiger charge is -2.27. The van der Waals surface area contributed by atoms with Gasteiger partial charge in [-0.1, -0.05) is 53.4 Å². The van der Waals surface area contributed by atoms with Crippen LogP contribution >= 0.6 is 0 Å². The normalized spacial score (nSPS) is 44.0.